The normalized spacial score (nSPS) is 13.7. The van der Waals surface area contributed by atoms with Crippen LogP contribution in [0.5, 0.6) is 5.88 Å². The molecule has 0 aliphatic carbocycles. The molecule has 1 amide bonds. The van der Waals surface area contributed by atoms with Crippen molar-refractivity contribution < 1.29 is 14.6 Å². The van der Waals surface area contributed by atoms with Crippen LogP contribution in [0.3, 0.4) is 0 Å². The van der Waals surface area contributed by atoms with Crippen LogP contribution in [0.4, 0.5) is 0 Å². The summed E-state index contributed by atoms with van der Waals surface area (Å²) < 4.78 is 6.66. The third-order valence-corrected chi connectivity index (χ3v) is 3.96. The van der Waals surface area contributed by atoms with E-state index in [1.807, 2.05) is 13.8 Å². The van der Waals surface area contributed by atoms with E-state index in [-0.39, 0.29) is 30.9 Å². The number of fused-ring (bicyclic) bond motifs is 1. The first-order valence-electron chi connectivity index (χ1n) is 7.74. The number of aliphatic hydroxyl groups excluding tert-OH is 1. The maximum Gasteiger partial charge on any atom is 0.231 e. The van der Waals surface area contributed by atoms with Crippen LogP contribution in [0, 0.1) is 5.92 Å². The summed E-state index contributed by atoms with van der Waals surface area (Å²) in [5, 5.41) is 24.5. The molecule has 0 aliphatic rings. The predicted octanol–water partition coefficient (Wildman–Crippen LogP) is 0.589. The van der Waals surface area contributed by atoms with Gasteiger partial charge in [0.25, 0.3) is 0 Å². The van der Waals surface area contributed by atoms with E-state index in [1.54, 1.807) is 16.6 Å². The van der Waals surface area contributed by atoms with E-state index in [9.17, 15) is 9.90 Å². The summed E-state index contributed by atoms with van der Waals surface area (Å²) in [7, 11) is 1.54. The molecular formula is C15H23N5O3. The number of rotatable bonds is 8. The van der Waals surface area contributed by atoms with Gasteiger partial charge in [0.1, 0.15) is 0 Å². The van der Waals surface area contributed by atoms with E-state index in [1.165, 1.54) is 7.11 Å². The van der Waals surface area contributed by atoms with Crippen LogP contribution in [0.15, 0.2) is 12.1 Å². The average molecular weight is 321 g/mol. The molecule has 2 heterocycles. The Labute approximate surface area is 134 Å². The van der Waals surface area contributed by atoms with Crippen molar-refractivity contribution in [3.8, 4) is 5.88 Å². The van der Waals surface area contributed by atoms with Crippen LogP contribution >= 0.6 is 0 Å². The Morgan fingerprint density at radius 3 is 2.87 bits per heavy atom. The maximum absolute atomic E-state index is 12.1. The molecule has 23 heavy (non-hydrogen) atoms. The number of carbonyl (C=O) groups is 1. The lowest BCUT2D eigenvalue weighted by atomic mass is 10.00. The summed E-state index contributed by atoms with van der Waals surface area (Å²) in [6, 6.07) is 3.24. The number of aromatic nitrogens is 4. The topological polar surface area (TPSA) is 102 Å². The van der Waals surface area contributed by atoms with Gasteiger partial charge in [0.2, 0.25) is 11.8 Å². The summed E-state index contributed by atoms with van der Waals surface area (Å²) in [6.07, 6.45) is 1.56. The number of ether oxygens (including phenoxy) is 1. The van der Waals surface area contributed by atoms with Crippen LogP contribution in [0.2, 0.25) is 0 Å². The highest BCUT2D eigenvalue weighted by Crippen LogP contribution is 2.10. The molecule has 0 unspecified atom stereocenters. The van der Waals surface area contributed by atoms with E-state index in [0.717, 1.165) is 6.42 Å². The number of nitrogens with zero attached hydrogens (tertiary/aromatic N) is 4. The fourth-order valence-electron chi connectivity index (χ4n) is 2.24. The fraction of sp³-hybridized carbons (Fsp3) is 0.600. The number of hydrogen-bond acceptors (Lipinski definition) is 6. The summed E-state index contributed by atoms with van der Waals surface area (Å²) in [6.45, 7) is 3.97. The van der Waals surface area contributed by atoms with Crippen LogP contribution in [-0.4, -0.2) is 50.6 Å². The molecule has 126 valence electrons. The first-order chi connectivity index (χ1) is 11.1. The lowest BCUT2D eigenvalue weighted by molar-refractivity contribution is -0.122. The highest BCUT2D eigenvalue weighted by atomic mass is 16.5. The number of hydrogen-bond donors (Lipinski definition) is 2. The molecule has 2 N–H and O–H groups in total. The quantitative estimate of drug-likeness (QED) is 0.738. The molecule has 0 spiro atoms. The molecule has 0 aromatic carbocycles. The first-order valence-corrected chi connectivity index (χ1v) is 7.74. The maximum atomic E-state index is 12.1. The van der Waals surface area contributed by atoms with Gasteiger partial charge in [-0.05, 0) is 12.0 Å². The van der Waals surface area contributed by atoms with E-state index in [4.69, 9.17) is 4.74 Å². The third-order valence-electron chi connectivity index (χ3n) is 3.96. The zero-order valence-electron chi connectivity index (χ0n) is 13.7. The summed E-state index contributed by atoms with van der Waals surface area (Å²) in [5.74, 6) is 1.16. The van der Waals surface area contributed by atoms with E-state index in [0.29, 0.717) is 23.8 Å². The number of aliphatic hydroxyl groups is 1. The Kier molecular flexibility index (Phi) is 5.86. The van der Waals surface area contributed by atoms with Crippen LogP contribution in [-0.2, 0) is 11.2 Å². The van der Waals surface area contributed by atoms with Crippen LogP contribution in [0.25, 0.3) is 5.65 Å². The SMILES string of the molecule is CC[C@H](C)[C@@H](CO)NC(=O)CCc1nnc2ccc(OC)nn12. The Hall–Kier alpha value is -2.22. The summed E-state index contributed by atoms with van der Waals surface area (Å²) >= 11 is 0. The standard InChI is InChI=1S/C15H23N5O3/c1-4-10(2)11(9-21)16-14(22)7-5-12-17-18-13-6-8-15(23-3)19-20(12)13/h6,8,10-11,21H,4-5,7,9H2,1-3H3,(H,16,22)/t10-,11+/m0/s1. The molecule has 2 rings (SSSR count). The Morgan fingerprint density at radius 2 is 2.22 bits per heavy atom. The van der Waals surface area contributed by atoms with Crippen LogP contribution in [0.1, 0.15) is 32.5 Å². The fourth-order valence-corrected chi connectivity index (χ4v) is 2.24. The molecule has 0 fully saturated rings. The lowest BCUT2D eigenvalue weighted by Gasteiger charge is -2.21. The molecule has 2 aromatic heterocycles. The van der Waals surface area contributed by atoms with Gasteiger partial charge in [-0.25, -0.2) is 0 Å². The zero-order chi connectivity index (χ0) is 16.8. The Morgan fingerprint density at radius 1 is 1.43 bits per heavy atom. The van der Waals surface area contributed by atoms with E-state index >= 15 is 0 Å². The number of methoxy groups -OCH3 is 1. The molecule has 2 aromatic rings. The molecule has 0 bridgehead atoms. The third kappa shape index (κ3) is 4.16. The van der Waals surface area contributed by atoms with E-state index < -0.39 is 0 Å². The summed E-state index contributed by atoms with van der Waals surface area (Å²) in [5.41, 5.74) is 0.606. The minimum absolute atomic E-state index is 0.0621. The van der Waals surface area contributed by atoms with Gasteiger partial charge < -0.3 is 15.2 Å². The minimum atomic E-state index is -0.221. The summed E-state index contributed by atoms with van der Waals surface area (Å²) in [4.78, 5) is 12.1. The van der Waals surface area contributed by atoms with Gasteiger partial charge in [-0.1, -0.05) is 20.3 Å². The van der Waals surface area contributed by atoms with Gasteiger partial charge >= 0.3 is 0 Å². The number of amides is 1. The van der Waals surface area contributed by atoms with Gasteiger partial charge in [-0.2, -0.15) is 4.52 Å². The second-order valence-electron chi connectivity index (χ2n) is 5.50. The minimum Gasteiger partial charge on any atom is -0.480 e. The Balaban J connectivity index is 1.99. The molecule has 8 heteroatoms. The van der Waals surface area contributed by atoms with Gasteiger partial charge in [0.05, 0.1) is 19.8 Å². The van der Waals surface area contributed by atoms with Crippen molar-refractivity contribution in [2.75, 3.05) is 13.7 Å². The van der Waals surface area contributed by atoms with Crippen LogP contribution < -0.4 is 10.1 Å². The van der Waals surface area contributed by atoms with Crippen molar-refractivity contribution in [2.24, 2.45) is 5.92 Å². The zero-order valence-corrected chi connectivity index (χ0v) is 13.7. The number of aryl methyl sites for hydroxylation is 1. The van der Waals surface area contributed by atoms with Crippen molar-refractivity contribution in [2.45, 2.75) is 39.2 Å². The molecule has 0 saturated heterocycles. The second-order valence-corrected chi connectivity index (χ2v) is 5.50. The van der Waals surface area contributed by atoms with Crippen molar-refractivity contribution in [3.63, 3.8) is 0 Å². The first kappa shape index (κ1) is 17.1. The molecular weight excluding hydrogens is 298 g/mol. The molecule has 0 radical (unpaired) electrons. The lowest BCUT2D eigenvalue weighted by Crippen LogP contribution is -2.42. The molecule has 0 aliphatic heterocycles. The van der Waals surface area contributed by atoms with Gasteiger partial charge in [0.15, 0.2) is 11.5 Å². The van der Waals surface area contributed by atoms with Crippen molar-refractivity contribution in [1.29, 1.82) is 0 Å². The Bertz CT molecular complexity index is 658. The van der Waals surface area contributed by atoms with Gasteiger partial charge in [0, 0.05) is 18.9 Å². The monoisotopic (exact) mass is 321 g/mol. The molecule has 8 nitrogen and oxygen atoms in total. The van der Waals surface area contributed by atoms with Crippen molar-refractivity contribution in [3.05, 3.63) is 18.0 Å². The molecule has 0 saturated carbocycles. The second kappa shape index (κ2) is 7.87. The van der Waals surface area contributed by atoms with Gasteiger partial charge in [-0.15, -0.1) is 15.3 Å². The largest absolute Gasteiger partial charge is 0.480 e. The highest BCUT2D eigenvalue weighted by Gasteiger charge is 2.18. The van der Waals surface area contributed by atoms with Crippen molar-refractivity contribution in [1.82, 2.24) is 25.1 Å². The van der Waals surface area contributed by atoms with Gasteiger partial charge in [-0.3, -0.25) is 4.79 Å². The van der Waals surface area contributed by atoms with Crippen molar-refractivity contribution >= 4 is 11.6 Å². The van der Waals surface area contributed by atoms with E-state index in [2.05, 4.69) is 20.6 Å². The predicted molar refractivity (Wildman–Crippen MR) is 84.1 cm³/mol. The molecule has 2 atom stereocenters. The smallest absolute Gasteiger partial charge is 0.231 e. The average Bonchev–Trinajstić information content (AvgIpc) is 2.99. The number of nitrogens with one attached hydrogen (secondary N) is 1. The number of carbonyl (C=O) groups excluding carboxylic acids is 1. The highest BCUT2D eigenvalue weighted by molar-refractivity contribution is 5.76.